The van der Waals surface area contributed by atoms with E-state index >= 15 is 0 Å². The van der Waals surface area contributed by atoms with Crippen LogP contribution < -0.4 is 5.73 Å². The van der Waals surface area contributed by atoms with Crippen molar-refractivity contribution in [3.05, 3.63) is 6.42 Å². The highest BCUT2D eigenvalue weighted by atomic mass is 32.2. The van der Waals surface area contributed by atoms with Gasteiger partial charge in [0, 0.05) is 31.7 Å². The van der Waals surface area contributed by atoms with Gasteiger partial charge in [-0.15, -0.1) is 0 Å². The first-order valence-corrected chi connectivity index (χ1v) is 10.6. The van der Waals surface area contributed by atoms with Crippen molar-refractivity contribution in [2.45, 2.75) is 49.7 Å². The highest BCUT2D eigenvalue weighted by Gasteiger charge is 2.52. The van der Waals surface area contributed by atoms with E-state index in [-0.39, 0.29) is 30.1 Å². The van der Waals surface area contributed by atoms with Gasteiger partial charge in [-0.25, -0.2) is 8.42 Å². The first-order chi connectivity index (χ1) is 11.4. The van der Waals surface area contributed by atoms with E-state index in [1.54, 1.807) is 0 Å². The molecule has 0 aromatic rings. The summed E-state index contributed by atoms with van der Waals surface area (Å²) in [5.41, 5.74) is 5.16. The summed E-state index contributed by atoms with van der Waals surface area (Å²) in [6.07, 6.45) is 6.27. The summed E-state index contributed by atoms with van der Waals surface area (Å²) in [7, 11) is -2.95. The topological polar surface area (TPSA) is 104 Å². The Hall–Kier alpha value is -0.700. The lowest BCUT2D eigenvalue weighted by molar-refractivity contribution is -0.130. The number of nitrogens with zero attached hydrogens (tertiary/aromatic N) is 2. The van der Waals surface area contributed by atoms with Gasteiger partial charge >= 0.3 is 0 Å². The van der Waals surface area contributed by atoms with E-state index in [0.29, 0.717) is 38.5 Å². The Labute approximate surface area is 144 Å². The van der Waals surface area contributed by atoms with Crippen molar-refractivity contribution in [1.82, 2.24) is 9.80 Å². The number of fused-ring (bicyclic) bond motifs is 2. The van der Waals surface area contributed by atoms with E-state index in [9.17, 15) is 18.3 Å². The Morgan fingerprint density at radius 2 is 2.17 bits per heavy atom. The number of rotatable bonds is 7. The number of aliphatic hydroxyl groups is 1. The van der Waals surface area contributed by atoms with E-state index in [1.807, 2.05) is 0 Å². The molecule has 8 heteroatoms. The predicted molar refractivity (Wildman–Crippen MR) is 90.9 cm³/mol. The van der Waals surface area contributed by atoms with Crippen molar-refractivity contribution in [3.63, 3.8) is 0 Å². The Balaban J connectivity index is 1.67. The van der Waals surface area contributed by atoms with Gasteiger partial charge in [-0.05, 0) is 38.5 Å². The van der Waals surface area contributed by atoms with Crippen LogP contribution in [0, 0.1) is 6.42 Å². The molecule has 3 heterocycles. The standard InChI is InChI=1S/C16H28N3O4S/c17-15(21)16-5-1-2-13(3-6-16)19(16)8-7-18(9-10-20)14-4-11-24(22,23)12-14/h1,13-14,20H,2-12H2,(H2,17,21)/t13-,14-,16+/m1/s1. The monoisotopic (exact) mass is 358 g/mol. The molecule has 2 bridgehead atoms. The van der Waals surface area contributed by atoms with E-state index in [2.05, 4.69) is 16.2 Å². The lowest BCUT2D eigenvalue weighted by atomic mass is 9.87. The van der Waals surface area contributed by atoms with Crippen LogP contribution >= 0.6 is 0 Å². The molecule has 0 aliphatic carbocycles. The van der Waals surface area contributed by atoms with Gasteiger partial charge in [0.05, 0.1) is 18.1 Å². The molecule has 3 rings (SSSR count). The van der Waals surface area contributed by atoms with Crippen LogP contribution in [0.3, 0.4) is 0 Å². The summed E-state index contributed by atoms with van der Waals surface area (Å²) in [6, 6.07) is 0.329. The number of carbonyl (C=O) groups excluding carboxylic acids is 1. The Bertz CT molecular complexity index is 578. The molecule has 0 aromatic carbocycles. The minimum absolute atomic E-state index is 0.00865. The predicted octanol–water partition coefficient (Wildman–Crippen LogP) is -0.846. The van der Waals surface area contributed by atoms with Crippen molar-refractivity contribution < 1.29 is 18.3 Å². The van der Waals surface area contributed by atoms with Crippen molar-refractivity contribution in [1.29, 1.82) is 0 Å². The molecule has 3 fully saturated rings. The second kappa shape index (κ2) is 6.90. The fourth-order valence-corrected chi connectivity index (χ4v) is 6.46. The lowest BCUT2D eigenvalue weighted by Crippen LogP contribution is -2.59. The Morgan fingerprint density at radius 3 is 2.79 bits per heavy atom. The van der Waals surface area contributed by atoms with Gasteiger partial charge in [-0.2, -0.15) is 0 Å². The average Bonchev–Trinajstić information content (AvgIpc) is 2.97. The van der Waals surface area contributed by atoms with Gasteiger partial charge in [0.15, 0.2) is 9.84 Å². The third-order valence-corrected chi connectivity index (χ3v) is 7.75. The van der Waals surface area contributed by atoms with Crippen LogP contribution in [0.2, 0.25) is 0 Å². The van der Waals surface area contributed by atoms with E-state index in [1.165, 1.54) is 0 Å². The molecule has 3 saturated heterocycles. The van der Waals surface area contributed by atoms with Crippen molar-refractivity contribution >= 4 is 15.7 Å². The number of sulfone groups is 1. The second-order valence-corrected chi connectivity index (χ2v) is 9.56. The number of hydrogen-bond donors (Lipinski definition) is 2. The summed E-state index contributed by atoms with van der Waals surface area (Å²) in [4.78, 5) is 16.4. The Kier molecular flexibility index (Phi) is 5.20. The van der Waals surface area contributed by atoms with Crippen LogP contribution in [-0.4, -0.2) is 84.6 Å². The normalized spacial score (nSPS) is 35.6. The number of amides is 1. The van der Waals surface area contributed by atoms with Crippen molar-refractivity contribution in [3.8, 4) is 0 Å². The molecular weight excluding hydrogens is 330 g/mol. The quantitative estimate of drug-likeness (QED) is 0.615. The maximum absolute atomic E-state index is 12.1. The highest BCUT2D eigenvalue weighted by molar-refractivity contribution is 7.91. The SMILES string of the molecule is NC(=O)[C@]12C[CH]C[C@H](CC1)N2CCN(CCO)[C@@H]1CCS(=O)(=O)C1. The van der Waals surface area contributed by atoms with Gasteiger partial charge in [0.25, 0.3) is 0 Å². The van der Waals surface area contributed by atoms with Gasteiger partial charge in [0.2, 0.25) is 5.91 Å². The highest BCUT2D eigenvalue weighted by Crippen LogP contribution is 2.43. The van der Waals surface area contributed by atoms with Crippen LogP contribution in [0.5, 0.6) is 0 Å². The first-order valence-electron chi connectivity index (χ1n) is 8.81. The zero-order valence-corrected chi connectivity index (χ0v) is 14.9. The number of carbonyl (C=O) groups is 1. The minimum atomic E-state index is -2.95. The van der Waals surface area contributed by atoms with E-state index < -0.39 is 15.4 Å². The molecule has 3 aliphatic heterocycles. The van der Waals surface area contributed by atoms with Crippen LogP contribution in [-0.2, 0) is 14.6 Å². The number of nitrogens with two attached hydrogens (primary N) is 1. The molecule has 3 atom stereocenters. The van der Waals surface area contributed by atoms with Crippen LogP contribution in [0.25, 0.3) is 0 Å². The third-order valence-electron chi connectivity index (χ3n) is 6.00. The van der Waals surface area contributed by atoms with E-state index in [4.69, 9.17) is 5.73 Å². The number of aliphatic hydroxyl groups excluding tert-OH is 1. The molecule has 1 radical (unpaired) electrons. The molecule has 0 saturated carbocycles. The minimum Gasteiger partial charge on any atom is -0.395 e. The van der Waals surface area contributed by atoms with Crippen molar-refractivity contribution in [2.75, 3.05) is 37.7 Å². The molecule has 1 amide bonds. The van der Waals surface area contributed by atoms with Crippen LogP contribution in [0.15, 0.2) is 0 Å². The zero-order chi connectivity index (χ0) is 17.4. The van der Waals surface area contributed by atoms with Gasteiger partial charge in [0.1, 0.15) is 5.54 Å². The molecule has 137 valence electrons. The Morgan fingerprint density at radius 1 is 1.38 bits per heavy atom. The number of hydrogen-bond acceptors (Lipinski definition) is 6. The molecule has 3 N–H and O–H groups in total. The largest absolute Gasteiger partial charge is 0.395 e. The summed E-state index contributed by atoms with van der Waals surface area (Å²) in [5, 5.41) is 9.34. The molecule has 0 unspecified atom stereocenters. The van der Waals surface area contributed by atoms with Crippen LogP contribution in [0.4, 0.5) is 0 Å². The summed E-state index contributed by atoms with van der Waals surface area (Å²) < 4.78 is 23.5. The molecule has 0 spiro atoms. The maximum atomic E-state index is 12.1. The number of piperidine rings is 1. The fourth-order valence-electron chi connectivity index (χ4n) is 4.70. The summed E-state index contributed by atoms with van der Waals surface area (Å²) in [6.45, 7) is 1.83. The van der Waals surface area contributed by atoms with Crippen molar-refractivity contribution in [2.24, 2.45) is 5.73 Å². The molecule has 0 aromatic heterocycles. The van der Waals surface area contributed by atoms with Gasteiger partial charge in [-0.3, -0.25) is 14.6 Å². The maximum Gasteiger partial charge on any atom is 0.237 e. The third kappa shape index (κ3) is 3.34. The van der Waals surface area contributed by atoms with Crippen LogP contribution in [0.1, 0.15) is 32.1 Å². The van der Waals surface area contributed by atoms with Gasteiger partial charge < -0.3 is 10.8 Å². The first kappa shape index (κ1) is 18.1. The van der Waals surface area contributed by atoms with Gasteiger partial charge in [-0.1, -0.05) is 0 Å². The zero-order valence-electron chi connectivity index (χ0n) is 14.1. The lowest BCUT2D eigenvalue weighted by Gasteiger charge is -2.43. The average molecular weight is 358 g/mol. The molecule has 24 heavy (non-hydrogen) atoms. The summed E-state index contributed by atoms with van der Waals surface area (Å²) >= 11 is 0. The summed E-state index contributed by atoms with van der Waals surface area (Å²) in [5.74, 6) is 0.148. The van der Waals surface area contributed by atoms with E-state index in [0.717, 1.165) is 19.3 Å². The smallest absolute Gasteiger partial charge is 0.237 e. The fraction of sp³-hybridized carbons (Fsp3) is 0.875. The molecular formula is C16H28N3O4S. The molecule has 7 nitrogen and oxygen atoms in total. The molecule has 3 aliphatic rings. The second-order valence-electron chi connectivity index (χ2n) is 7.33. The number of primary amides is 1.